The Balaban J connectivity index is 2.53. The van der Waals surface area contributed by atoms with Crippen LogP contribution in [-0.4, -0.2) is 32.8 Å². The molecule has 1 rings (SSSR count). The molecule has 0 aliphatic carbocycles. The van der Waals surface area contributed by atoms with Gasteiger partial charge in [-0.1, -0.05) is 0 Å². The molecule has 6 nitrogen and oxygen atoms in total. The molecule has 0 aliphatic heterocycles. The Labute approximate surface area is 116 Å². The summed E-state index contributed by atoms with van der Waals surface area (Å²) >= 11 is 0. The highest BCUT2D eigenvalue weighted by molar-refractivity contribution is 5.94. The number of ether oxygens (including phenoxy) is 3. The predicted molar refractivity (Wildman–Crippen MR) is 68.8 cm³/mol. The molecule has 1 aromatic carbocycles. The number of benzene rings is 1. The van der Waals surface area contributed by atoms with Crippen molar-refractivity contribution in [3.63, 3.8) is 0 Å². The molecule has 0 aromatic heterocycles. The van der Waals surface area contributed by atoms with E-state index in [4.69, 9.17) is 10.00 Å². The number of carbonyl (C=O) groups is 2. The number of nitriles is 1. The summed E-state index contributed by atoms with van der Waals surface area (Å²) in [5.74, 6) is -1.75. The Hall–Kier alpha value is -2.55. The predicted octanol–water partition coefficient (Wildman–Crippen LogP) is 1.29. The molecule has 0 amide bonds. The fraction of sp³-hybridized carbons (Fsp3) is 0.357. The third-order valence-corrected chi connectivity index (χ3v) is 2.63. The van der Waals surface area contributed by atoms with Crippen LogP contribution < -0.4 is 4.74 Å². The van der Waals surface area contributed by atoms with Crippen molar-refractivity contribution < 1.29 is 23.8 Å². The Kier molecular flexibility index (Phi) is 6.04. The van der Waals surface area contributed by atoms with E-state index in [0.717, 1.165) is 0 Å². The van der Waals surface area contributed by atoms with E-state index in [1.54, 1.807) is 24.3 Å². The zero-order chi connectivity index (χ0) is 15.0. The van der Waals surface area contributed by atoms with Crippen molar-refractivity contribution in [2.24, 2.45) is 5.92 Å². The Morgan fingerprint density at radius 1 is 1.15 bits per heavy atom. The van der Waals surface area contributed by atoms with E-state index in [9.17, 15) is 9.59 Å². The smallest absolute Gasteiger partial charge is 0.320 e. The van der Waals surface area contributed by atoms with Crippen LogP contribution in [0, 0.1) is 17.2 Å². The van der Waals surface area contributed by atoms with Gasteiger partial charge in [0.15, 0.2) is 5.92 Å². The zero-order valence-electron chi connectivity index (χ0n) is 11.3. The van der Waals surface area contributed by atoms with Crippen molar-refractivity contribution in [1.29, 1.82) is 5.26 Å². The number of hydrogen-bond donors (Lipinski definition) is 0. The first-order valence-corrected chi connectivity index (χ1v) is 5.91. The highest BCUT2D eigenvalue weighted by atomic mass is 16.5. The molecule has 0 heterocycles. The SMILES string of the molecule is COC(=O)C(CCOc1ccc(C#N)cc1)C(=O)OC. The number of esters is 2. The third-order valence-electron chi connectivity index (χ3n) is 2.63. The molecule has 1 aromatic rings. The van der Waals surface area contributed by atoms with Gasteiger partial charge in [0.2, 0.25) is 0 Å². The highest BCUT2D eigenvalue weighted by Crippen LogP contribution is 2.14. The maximum absolute atomic E-state index is 11.4. The van der Waals surface area contributed by atoms with Gasteiger partial charge in [-0.05, 0) is 24.3 Å². The topological polar surface area (TPSA) is 85.6 Å². The molecule has 0 radical (unpaired) electrons. The molecular weight excluding hydrogens is 262 g/mol. The standard InChI is InChI=1S/C14H15NO5/c1-18-13(16)12(14(17)19-2)7-8-20-11-5-3-10(9-15)4-6-11/h3-6,12H,7-8H2,1-2H3. The van der Waals surface area contributed by atoms with Gasteiger partial charge >= 0.3 is 11.9 Å². The van der Waals surface area contributed by atoms with Crippen LogP contribution in [0.3, 0.4) is 0 Å². The van der Waals surface area contributed by atoms with Crippen molar-refractivity contribution in [3.8, 4) is 11.8 Å². The summed E-state index contributed by atoms with van der Waals surface area (Å²) < 4.78 is 14.5. The number of methoxy groups -OCH3 is 2. The molecule has 0 aliphatic rings. The third kappa shape index (κ3) is 4.28. The van der Waals surface area contributed by atoms with E-state index in [-0.39, 0.29) is 13.0 Å². The monoisotopic (exact) mass is 277 g/mol. The maximum atomic E-state index is 11.4. The second-order valence-electron chi connectivity index (χ2n) is 3.87. The van der Waals surface area contributed by atoms with Crippen molar-refractivity contribution in [3.05, 3.63) is 29.8 Å². The van der Waals surface area contributed by atoms with Crippen LogP contribution in [0.4, 0.5) is 0 Å². The molecule has 0 fully saturated rings. The normalized spacial score (nSPS) is 9.70. The summed E-state index contributed by atoms with van der Waals surface area (Å²) in [7, 11) is 2.42. The molecule has 106 valence electrons. The van der Waals surface area contributed by atoms with Gasteiger partial charge in [0.05, 0.1) is 32.5 Å². The average Bonchev–Trinajstić information content (AvgIpc) is 2.50. The van der Waals surface area contributed by atoms with Gasteiger partial charge in [-0.25, -0.2) is 0 Å². The van der Waals surface area contributed by atoms with Crippen molar-refractivity contribution in [1.82, 2.24) is 0 Å². The van der Waals surface area contributed by atoms with E-state index in [1.807, 2.05) is 6.07 Å². The summed E-state index contributed by atoms with van der Waals surface area (Å²) in [6.45, 7) is 0.154. The molecule has 0 spiro atoms. The fourth-order valence-corrected chi connectivity index (χ4v) is 1.54. The summed E-state index contributed by atoms with van der Waals surface area (Å²) in [5.41, 5.74) is 0.527. The van der Waals surface area contributed by atoms with Crippen LogP contribution in [0.1, 0.15) is 12.0 Å². The second kappa shape index (κ2) is 7.79. The molecule has 0 unspecified atom stereocenters. The number of nitrogens with zero attached hydrogens (tertiary/aromatic N) is 1. The van der Waals surface area contributed by atoms with Crippen molar-refractivity contribution >= 4 is 11.9 Å². The largest absolute Gasteiger partial charge is 0.494 e. The first-order valence-electron chi connectivity index (χ1n) is 5.91. The van der Waals surface area contributed by atoms with Crippen LogP contribution in [0.5, 0.6) is 5.75 Å². The average molecular weight is 277 g/mol. The molecule has 0 atom stereocenters. The minimum Gasteiger partial charge on any atom is -0.494 e. The zero-order valence-corrected chi connectivity index (χ0v) is 11.3. The van der Waals surface area contributed by atoms with Gasteiger partial charge in [-0.15, -0.1) is 0 Å². The van der Waals surface area contributed by atoms with Crippen LogP contribution >= 0.6 is 0 Å². The molecule has 0 saturated heterocycles. The van der Waals surface area contributed by atoms with Gasteiger partial charge in [0.1, 0.15) is 5.75 Å². The van der Waals surface area contributed by atoms with Crippen LogP contribution in [0.15, 0.2) is 24.3 Å². The first kappa shape index (κ1) is 15.5. The highest BCUT2D eigenvalue weighted by Gasteiger charge is 2.28. The summed E-state index contributed by atoms with van der Waals surface area (Å²) in [4.78, 5) is 22.8. The van der Waals surface area contributed by atoms with Crippen molar-refractivity contribution in [2.45, 2.75) is 6.42 Å². The number of hydrogen-bond acceptors (Lipinski definition) is 6. The fourth-order valence-electron chi connectivity index (χ4n) is 1.54. The van der Waals surface area contributed by atoms with E-state index < -0.39 is 17.9 Å². The number of rotatable bonds is 6. The first-order chi connectivity index (χ1) is 9.62. The van der Waals surface area contributed by atoms with Gasteiger partial charge in [-0.3, -0.25) is 9.59 Å². The Morgan fingerprint density at radius 2 is 1.70 bits per heavy atom. The maximum Gasteiger partial charge on any atom is 0.320 e. The second-order valence-corrected chi connectivity index (χ2v) is 3.87. The number of carbonyl (C=O) groups excluding carboxylic acids is 2. The van der Waals surface area contributed by atoms with Crippen LogP contribution in [0.2, 0.25) is 0 Å². The lowest BCUT2D eigenvalue weighted by Gasteiger charge is -2.13. The molecule has 20 heavy (non-hydrogen) atoms. The Bertz CT molecular complexity index is 487. The summed E-state index contributed by atoms with van der Waals surface area (Å²) in [6.07, 6.45) is 0.152. The lowest BCUT2D eigenvalue weighted by molar-refractivity contribution is -0.159. The molecular formula is C14H15NO5. The molecule has 0 N–H and O–H groups in total. The van der Waals surface area contributed by atoms with Crippen LogP contribution in [0.25, 0.3) is 0 Å². The van der Waals surface area contributed by atoms with E-state index in [0.29, 0.717) is 11.3 Å². The summed E-state index contributed by atoms with van der Waals surface area (Å²) in [6, 6.07) is 8.52. The minimum absolute atomic E-state index is 0.152. The lowest BCUT2D eigenvalue weighted by Crippen LogP contribution is -2.28. The molecule has 0 bridgehead atoms. The van der Waals surface area contributed by atoms with E-state index >= 15 is 0 Å². The van der Waals surface area contributed by atoms with Gasteiger partial charge < -0.3 is 14.2 Å². The Morgan fingerprint density at radius 3 is 2.15 bits per heavy atom. The van der Waals surface area contributed by atoms with Gasteiger partial charge in [-0.2, -0.15) is 5.26 Å². The minimum atomic E-state index is -0.997. The quantitative estimate of drug-likeness (QED) is 0.575. The summed E-state index contributed by atoms with van der Waals surface area (Å²) in [5, 5.41) is 8.66. The lowest BCUT2D eigenvalue weighted by atomic mass is 10.1. The molecule has 6 heteroatoms. The van der Waals surface area contributed by atoms with E-state index in [2.05, 4.69) is 9.47 Å². The van der Waals surface area contributed by atoms with Crippen molar-refractivity contribution in [2.75, 3.05) is 20.8 Å². The van der Waals surface area contributed by atoms with E-state index in [1.165, 1.54) is 14.2 Å². The van der Waals surface area contributed by atoms with Crippen LogP contribution in [-0.2, 0) is 19.1 Å². The van der Waals surface area contributed by atoms with Gasteiger partial charge in [0, 0.05) is 6.42 Å². The van der Waals surface area contributed by atoms with Gasteiger partial charge in [0.25, 0.3) is 0 Å². The molecule has 0 saturated carbocycles.